The van der Waals surface area contributed by atoms with Crippen LogP contribution in [0.15, 0.2) is 134 Å². The van der Waals surface area contributed by atoms with Crippen molar-refractivity contribution in [3.63, 3.8) is 0 Å². The molecule has 2 aliphatic heterocycles. The van der Waals surface area contributed by atoms with Crippen molar-refractivity contribution in [2.24, 2.45) is 5.10 Å². The van der Waals surface area contributed by atoms with Gasteiger partial charge >= 0.3 is 0 Å². The van der Waals surface area contributed by atoms with Crippen LogP contribution in [0.2, 0.25) is 20.1 Å². The van der Waals surface area contributed by atoms with Crippen LogP contribution in [0.25, 0.3) is 22.2 Å². The van der Waals surface area contributed by atoms with E-state index >= 15 is 0 Å². The summed E-state index contributed by atoms with van der Waals surface area (Å²) < 4.78 is 55.4. The van der Waals surface area contributed by atoms with Crippen molar-refractivity contribution in [2.75, 3.05) is 6.67 Å². The summed E-state index contributed by atoms with van der Waals surface area (Å²) >= 11 is 27.1. The molecule has 0 fully saturated rings. The number of fused-ring (bicyclic) bond motifs is 2. The molecule has 0 unspecified atom stereocenters. The molecule has 6 aromatic rings. The lowest BCUT2D eigenvalue weighted by Crippen LogP contribution is -2.42. The Kier molecular flexibility index (Phi) is 11.8. The number of nitrogens with one attached hydrogen (secondary N) is 1. The number of halogens is 8. The molecule has 1 amide bonds. The second-order valence-electron chi connectivity index (χ2n) is 11.6. The average Bonchev–Trinajstić information content (AvgIpc) is 3.16. The van der Waals surface area contributed by atoms with Crippen LogP contribution in [0.5, 0.6) is 0 Å². The third-order valence-corrected chi connectivity index (χ3v) is 11.2. The fourth-order valence-corrected chi connectivity index (χ4v) is 8.26. The van der Waals surface area contributed by atoms with E-state index in [1.807, 2.05) is 0 Å². The van der Waals surface area contributed by atoms with Gasteiger partial charge in [-0.15, -0.1) is 0 Å². The standard InChI is InChI=1S/C19H11Cl2F2N3OS.C19H9Cl2F2N3OS/c2*20-11-2-1-3-12(21)17(11)18-14-5-7-16(25-26(14)9-24-19(18)27)28-15-6-4-10(22)8-13(15)23/h1-8H,9H2,(H,24,27);1-9H. The number of hydrogen-bond acceptors (Lipinski definition) is 8. The predicted molar refractivity (Wildman–Crippen MR) is 212 cm³/mol. The van der Waals surface area contributed by atoms with Crippen LogP contribution in [-0.4, -0.2) is 37.2 Å². The number of benzene rings is 4. The molecule has 0 aliphatic carbocycles. The van der Waals surface area contributed by atoms with Gasteiger partial charge in [0, 0.05) is 33.1 Å². The summed E-state index contributed by atoms with van der Waals surface area (Å²) in [5.74, 6) is -2.97. The molecule has 8 nitrogen and oxygen atoms in total. The molecular formula is C38H20Cl4F4N6O2S2. The van der Waals surface area contributed by atoms with Crippen molar-refractivity contribution in [3.8, 4) is 11.1 Å². The van der Waals surface area contributed by atoms with E-state index < -0.39 is 28.8 Å². The maximum Gasteiger partial charge on any atom is 0.281 e. The molecule has 2 aliphatic rings. The summed E-state index contributed by atoms with van der Waals surface area (Å²) in [6.45, 7) is 0.139. The van der Waals surface area contributed by atoms with Crippen LogP contribution >= 0.6 is 69.9 Å². The summed E-state index contributed by atoms with van der Waals surface area (Å²) in [5, 5.41) is 15.3. The normalized spacial score (nSPS) is 13.6. The molecule has 0 saturated heterocycles. The molecule has 2 aromatic heterocycles. The van der Waals surface area contributed by atoms with E-state index in [1.54, 1.807) is 65.7 Å². The highest BCUT2D eigenvalue weighted by Crippen LogP contribution is 2.38. The zero-order valence-electron chi connectivity index (χ0n) is 27.9. The predicted octanol–water partition coefficient (Wildman–Crippen LogP) is 10.5. The minimum atomic E-state index is -0.687. The first-order valence-electron chi connectivity index (χ1n) is 16.0. The van der Waals surface area contributed by atoms with Crippen LogP contribution < -0.4 is 10.9 Å². The van der Waals surface area contributed by atoms with Crippen LogP contribution in [-0.2, 0) is 4.79 Å². The maximum atomic E-state index is 13.9. The van der Waals surface area contributed by atoms with E-state index in [-0.39, 0.29) is 27.9 Å². The number of amides is 1. The first-order chi connectivity index (χ1) is 26.9. The average molecular weight is 875 g/mol. The molecule has 56 heavy (non-hydrogen) atoms. The molecule has 0 radical (unpaired) electrons. The summed E-state index contributed by atoms with van der Waals surface area (Å²) in [7, 11) is 0. The number of rotatable bonds is 5. The van der Waals surface area contributed by atoms with E-state index in [1.165, 1.54) is 35.1 Å². The number of carbonyl (C=O) groups is 1. The molecular weight excluding hydrogens is 854 g/mol. The van der Waals surface area contributed by atoms with Crippen molar-refractivity contribution in [1.29, 1.82) is 0 Å². The molecule has 4 heterocycles. The number of hydrazone groups is 1. The lowest BCUT2D eigenvalue weighted by Gasteiger charge is -2.31. The van der Waals surface area contributed by atoms with E-state index in [9.17, 15) is 27.2 Å². The molecule has 8 rings (SSSR count). The Labute approximate surface area is 343 Å². The third-order valence-electron chi connectivity index (χ3n) is 7.99. The van der Waals surface area contributed by atoms with Gasteiger partial charge in [-0.3, -0.25) is 9.59 Å². The van der Waals surface area contributed by atoms with E-state index in [0.717, 1.165) is 35.7 Å². The van der Waals surface area contributed by atoms with E-state index in [2.05, 4.69) is 20.5 Å². The minimum absolute atomic E-state index is 0.139. The Hall–Kier alpha value is -4.83. The number of carbonyl (C=O) groups excluding carboxylic acids is 1. The number of thioether (sulfide) groups is 1. The van der Waals surface area contributed by atoms with E-state index in [0.29, 0.717) is 58.1 Å². The number of allylic oxidation sites excluding steroid dienone is 1. The number of aromatic nitrogens is 3. The van der Waals surface area contributed by atoms with Gasteiger partial charge in [0.1, 0.15) is 46.3 Å². The van der Waals surface area contributed by atoms with Crippen molar-refractivity contribution in [3.05, 3.63) is 168 Å². The van der Waals surface area contributed by atoms with Gasteiger partial charge in [0.15, 0.2) is 0 Å². The Bertz CT molecular complexity index is 2690. The van der Waals surface area contributed by atoms with Gasteiger partial charge in [0.05, 0.1) is 42.4 Å². The Morgan fingerprint density at radius 2 is 1.27 bits per heavy atom. The van der Waals surface area contributed by atoms with Crippen LogP contribution in [0.3, 0.4) is 0 Å². The van der Waals surface area contributed by atoms with Crippen molar-refractivity contribution in [1.82, 2.24) is 24.9 Å². The first kappa shape index (κ1) is 39.4. The highest BCUT2D eigenvalue weighted by molar-refractivity contribution is 8.14. The molecule has 282 valence electrons. The Morgan fingerprint density at radius 1 is 0.679 bits per heavy atom. The largest absolute Gasteiger partial charge is 0.333 e. The zero-order valence-corrected chi connectivity index (χ0v) is 32.6. The SMILES string of the molecule is O=C1NCN2N=C(Sc3ccc(F)cc3F)C=CC2=C1c1c(Cl)cccc1Cl.O=c1ncn2nc(Sc3ccc(F)cc3F)ccc2c1-c1c(Cl)cccc1Cl. The summed E-state index contributed by atoms with van der Waals surface area (Å²) in [6, 6.07) is 19.8. The molecule has 0 atom stereocenters. The summed E-state index contributed by atoms with van der Waals surface area (Å²) in [5.41, 5.74) is 1.79. The molecule has 0 spiro atoms. The quantitative estimate of drug-likeness (QED) is 0.173. The van der Waals surface area contributed by atoms with Gasteiger partial charge in [-0.2, -0.15) is 15.2 Å². The fraction of sp³-hybridized carbons (Fsp3) is 0.0263. The molecule has 4 aromatic carbocycles. The molecule has 18 heteroatoms. The van der Waals surface area contributed by atoms with Gasteiger partial charge in [-0.05, 0) is 72.8 Å². The van der Waals surface area contributed by atoms with Gasteiger partial charge in [0.25, 0.3) is 11.5 Å². The van der Waals surface area contributed by atoms with Gasteiger partial charge in [-0.25, -0.2) is 27.1 Å². The summed E-state index contributed by atoms with van der Waals surface area (Å²) in [6.07, 6.45) is 4.62. The zero-order chi connectivity index (χ0) is 39.7. The number of nitrogens with zero attached hydrogens (tertiary/aromatic N) is 5. The number of hydrogen-bond donors (Lipinski definition) is 1. The van der Waals surface area contributed by atoms with Gasteiger partial charge in [-0.1, -0.05) is 82.1 Å². The minimum Gasteiger partial charge on any atom is -0.333 e. The topological polar surface area (TPSA) is 92.0 Å². The van der Waals surface area contributed by atoms with E-state index in [4.69, 9.17) is 46.4 Å². The fourth-order valence-electron chi connectivity index (χ4n) is 5.51. The van der Waals surface area contributed by atoms with Gasteiger partial charge in [0.2, 0.25) is 0 Å². The lowest BCUT2D eigenvalue weighted by atomic mass is 10.0. The second kappa shape index (κ2) is 16.7. The Morgan fingerprint density at radius 3 is 1.88 bits per heavy atom. The van der Waals surface area contributed by atoms with Crippen molar-refractivity contribution >= 4 is 92.0 Å². The van der Waals surface area contributed by atoms with Crippen LogP contribution in [0.4, 0.5) is 17.6 Å². The second-order valence-corrected chi connectivity index (χ2v) is 15.3. The highest BCUT2D eigenvalue weighted by Gasteiger charge is 2.30. The van der Waals surface area contributed by atoms with Crippen molar-refractivity contribution < 1.29 is 22.4 Å². The molecule has 0 saturated carbocycles. The van der Waals surface area contributed by atoms with Gasteiger partial charge < -0.3 is 5.32 Å². The summed E-state index contributed by atoms with van der Waals surface area (Å²) in [4.78, 5) is 29.2. The van der Waals surface area contributed by atoms with Crippen molar-refractivity contribution in [2.45, 2.75) is 14.8 Å². The third kappa shape index (κ3) is 8.31. The molecule has 0 bridgehead atoms. The smallest absolute Gasteiger partial charge is 0.281 e. The maximum absolute atomic E-state index is 13.9. The van der Waals surface area contributed by atoms with Crippen LogP contribution in [0.1, 0.15) is 5.56 Å². The Balaban J connectivity index is 0.000000172. The highest BCUT2D eigenvalue weighted by atomic mass is 35.5. The monoisotopic (exact) mass is 872 g/mol. The molecule has 1 N–H and O–H groups in total. The van der Waals surface area contributed by atoms with Crippen LogP contribution in [0, 0.1) is 23.3 Å². The first-order valence-corrected chi connectivity index (χ1v) is 19.1. The lowest BCUT2D eigenvalue weighted by molar-refractivity contribution is -0.116.